The highest BCUT2D eigenvalue weighted by Crippen LogP contribution is 2.56. The molecular weight excluding hydrogens is 737 g/mol. The van der Waals surface area contributed by atoms with Crippen molar-refractivity contribution in [3.8, 4) is 33.6 Å². The Balaban J connectivity index is 0.953. The molecule has 0 fully saturated rings. The second kappa shape index (κ2) is 13.0. The summed E-state index contributed by atoms with van der Waals surface area (Å²) in [5.74, 6) is 0. The lowest BCUT2D eigenvalue weighted by Crippen LogP contribution is -2.28. The summed E-state index contributed by atoms with van der Waals surface area (Å²) in [7, 11) is 0. The average Bonchev–Trinajstić information content (AvgIpc) is 3.96. The Bertz CT molecular complexity index is 3610. The van der Waals surface area contributed by atoms with E-state index in [4.69, 9.17) is 0 Å². The van der Waals surface area contributed by atoms with Crippen LogP contribution in [0.5, 0.6) is 0 Å². The molecule has 2 heteroatoms. The van der Waals surface area contributed by atoms with E-state index in [1.807, 2.05) is 0 Å². The van der Waals surface area contributed by atoms with Gasteiger partial charge in [0, 0.05) is 32.9 Å². The molecule has 12 aromatic rings. The van der Waals surface area contributed by atoms with E-state index in [0.717, 1.165) is 5.69 Å². The van der Waals surface area contributed by atoms with E-state index < -0.39 is 5.41 Å². The average molecular weight is 775 g/mol. The first-order valence-corrected chi connectivity index (χ1v) is 21.2. The van der Waals surface area contributed by atoms with Crippen molar-refractivity contribution in [2.45, 2.75) is 5.41 Å². The van der Waals surface area contributed by atoms with Gasteiger partial charge in [-0.1, -0.05) is 170 Å². The van der Waals surface area contributed by atoms with Gasteiger partial charge in [0.2, 0.25) is 0 Å². The Kier molecular flexibility index (Phi) is 7.26. The molecule has 0 saturated carbocycles. The van der Waals surface area contributed by atoms with Gasteiger partial charge < -0.3 is 9.13 Å². The van der Waals surface area contributed by atoms with Gasteiger partial charge in [-0.15, -0.1) is 0 Å². The maximum Gasteiger partial charge on any atom is 0.0714 e. The third kappa shape index (κ3) is 4.85. The molecule has 0 radical (unpaired) electrons. The highest BCUT2D eigenvalue weighted by atomic mass is 15.0. The van der Waals surface area contributed by atoms with E-state index in [2.05, 4.69) is 240 Å². The van der Waals surface area contributed by atoms with Gasteiger partial charge in [0.05, 0.1) is 27.5 Å². The number of fused-ring (bicyclic) bond motifs is 10. The Morgan fingerprint density at radius 1 is 0.279 bits per heavy atom. The fourth-order valence-electron chi connectivity index (χ4n) is 10.8. The van der Waals surface area contributed by atoms with Crippen LogP contribution >= 0.6 is 0 Å². The number of hydrogen-bond acceptors (Lipinski definition) is 0. The first kappa shape index (κ1) is 34.0. The smallest absolute Gasteiger partial charge is 0.0714 e. The molecule has 2 nitrogen and oxygen atoms in total. The predicted octanol–water partition coefficient (Wildman–Crippen LogP) is 15.1. The van der Waals surface area contributed by atoms with Gasteiger partial charge in [-0.25, -0.2) is 0 Å². The minimum atomic E-state index is -0.462. The third-order valence-corrected chi connectivity index (χ3v) is 13.4. The van der Waals surface area contributed by atoms with E-state index in [1.165, 1.54) is 105 Å². The van der Waals surface area contributed by atoms with Crippen molar-refractivity contribution >= 4 is 54.4 Å². The summed E-state index contributed by atoms with van der Waals surface area (Å²) in [6.45, 7) is 0. The van der Waals surface area contributed by atoms with Gasteiger partial charge >= 0.3 is 0 Å². The normalized spacial score (nSPS) is 13.0. The number of hydrogen-bond donors (Lipinski definition) is 0. The molecule has 10 aromatic carbocycles. The summed E-state index contributed by atoms with van der Waals surface area (Å²) in [6, 6.07) is 85.3. The van der Waals surface area contributed by atoms with Crippen molar-refractivity contribution in [3.63, 3.8) is 0 Å². The van der Waals surface area contributed by atoms with Crippen LogP contribution in [-0.2, 0) is 5.41 Å². The van der Waals surface area contributed by atoms with Crippen molar-refractivity contribution in [2.24, 2.45) is 0 Å². The summed E-state index contributed by atoms with van der Waals surface area (Å²) in [5.41, 5.74) is 16.9. The van der Waals surface area contributed by atoms with Gasteiger partial charge in [0.25, 0.3) is 0 Å². The Morgan fingerprint density at radius 2 is 0.738 bits per heavy atom. The summed E-state index contributed by atoms with van der Waals surface area (Å²) in [4.78, 5) is 0. The van der Waals surface area contributed by atoms with Crippen LogP contribution in [0.4, 0.5) is 0 Å². The lowest BCUT2D eigenvalue weighted by atomic mass is 9.67. The van der Waals surface area contributed by atoms with Crippen molar-refractivity contribution in [1.82, 2.24) is 9.13 Å². The summed E-state index contributed by atoms with van der Waals surface area (Å²) >= 11 is 0. The van der Waals surface area contributed by atoms with Crippen LogP contribution in [0.1, 0.15) is 22.3 Å². The van der Waals surface area contributed by atoms with E-state index in [0.29, 0.717) is 0 Å². The number of rotatable bonds is 5. The predicted molar refractivity (Wildman–Crippen MR) is 255 cm³/mol. The monoisotopic (exact) mass is 774 g/mol. The van der Waals surface area contributed by atoms with Gasteiger partial charge in [-0.3, -0.25) is 0 Å². The maximum atomic E-state index is 2.47. The van der Waals surface area contributed by atoms with Crippen molar-refractivity contribution in [2.75, 3.05) is 0 Å². The van der Waals surface area contributed by atoms with E-state index in [1.54, 1.807) is 0 Å². The van der Waals surface area contributed by atoms with Gasteiger partial charge in [0.15, 0.2) is 0 Å². The van der Waals surface area contributed by atoms with E-state index in [9.17, 15) is 0 Å². The largest absolute Gasteiger partial charge is 0.309 e. The molecular formula is C59H38N2. The Hall–Kier alpha value is -7.94. The van der Waals surface area contributed by atoms with Gasteiger partial charge in [-0.2, -0.15) is 0 Å². The molecule has 2 aromatic heterocycles. The zero-order valence-electron chi connectivity index (χ0n) is 33.3. The number of nitrogens with zero attached hydrogens (tertiary/aromatic N) is 2. The molecule has 0 N–H and O–H groups in total. The third-order valence-electron chi connectivity index (χ3n) is 13.4. The van der Waals surface area contributed by atoms with Crippen LogP contribution in [0.3, 0.4) is 0 Å². The SMILES string of the molecule is c1ccc(C2(c3ccccc3)c3ccccc3-c3ccc(-n4c5ccccc5c5cc(-c6ccc7cc(-n8c9ccccc9c9ccccc98)ccc7c6)ccc54)cc32)cc1. The summed E-state index contributed by atoms with van der Waals surface area (Å²) in [6.07, 6.45) is 0. The first-order chi connectivity index (χ1) is 30.3. The van der Waals surface area contributed by atoms with Crippen LogP contribution in [0, 0.1) is 0 Å². The van der Waals surface area contributed by atoms with Gasteiger partial charge in [-0.05, 0) is 116 Å². The Labute approximate surface area is 353 Å². The number of aromatic nitrogens is 2. The molecule has 1 aliphatic rings. The van der Waals surface area contributed by atoms with E-state index in [-0.39, 0.29) is 0 Å². The van der Waals surface area contributed by atoms with Crippen LogP contribution < -0.4 is 0 Å². The lowest BCUT2D eigenvalue weighted by Gasteiger charge is -2.34. The molecule has 0 amide bonds. The minimum absolute atomic E-state index is 0.462. The fourth-order valence-corrected chi connectivity index (χ4v) is 10.8. The minimum Gasteiger partial charge on any atom is -0.309 e. The zero-order valence-corrected chi connectivity index (χ0v) is 33.3. The molecule has 0 bridgehead atoms. The molecule has 0 unspecified atom stereocenters. The van der Waals surface area contributed by atoms with Crippen molar-refractivity contribution < 1.29 is 0 Å². The highest BCUT2D eigenvalue weighted by Gasteiger charge is 2.46. The fraction of sp³-hybridized carbons (Fsp3) is 0.0169. The second-order valence-corrected chi connectivity index (χ2v) is 16.5. The lowest BCUT2D eigenvalue weighted by molar-refractivity contribution is 0.767. The maximum absolute atomic E-state index is 2.47. The summed E-state index contributed by atoms with van der Waals surface area (Å²) in [5, 5.41) is 7.50. The Morgan fingerprint density at radius 3 is 1.41 bits per heavy atom. The molecule has 0 aliphatic heterocycles. The zero-order chi connectivity index (χ0) is 40.1. The molecule has 0 atom stereocenters. The standard InChI is InChI=1S/C59H38N2/c1-3-15-43(16-4-1)59(44-17-5-2-6-18-44)53-23-11-7-19-47(53)48-33-32-46(38-54(48)59)61-57-26-14-10-22-51(57)52-37-42(30-34-58(52)61)39-27-28-41-36-45(31-29-40(41)35-39)60-55-24-12-8-20-49(55)50-21-9-13-25-56(50)60/h1-38H. The number of para-hydroxylation sites is 3. The van der Waals surface area contributed by atoms with Crippen molar-refractivity contribution in [1.29, 1.82) is 0 Å². The van der Waals surface area contributed by atoms with Crippen LogP contribution in [-0.4, -0.2) is 9.13 Å². The second-order valence-electron chi connectivity index (χ2n) is 16.5. The molecule has 0 spiro atoms. The topological polar surface area (TPSA) is 9.86 Å². The quantitative estimate of drug-likeness (QED) is 0.165. The molecule has 284 valence electrons. The van der Waals surface area contributed by atoms with E-state index >= 15 is 0 Å². The number of benzene rings is 10. The van der Waals surface area contributed by atoms with Crippen LogP contribution in [0.15, 0.2) is 231 Å². The van der Waals surface area contributed by atoms with Crippen LogP contribution in [0.2, 0.25) is 0 Å². The van der Waals surface area contributed by atoms with Crippen molar-refractivity contribution in [3.05, 3.63) is 253 Å². The summed E-state index contributed by atoms with van der Waals surface area (Å²) < 4.78 is 4.86. The molecule has 61 heavy (non-hydrogen) atoms. The highest BCUT2D eigenvalue weighted by molar-refractivity contribution is 6.11. The van der Waals surface area contributed by atoms with Crippen LogP contribution in [0.25, 0.3) is 88.0 Å². The molecule has 2 heterocycles. The molecule has 13 rings (SSSR count). The molecule has 1 aliphatic carbocycles. The first-order valence-electron chi connectivity index (χ1n) is 21.2. The van der Waals surface area contributed by atoms with Gasteiger partial charge in [0.1, 0.15) is 0 Å². The molecule has 0 saturated heterocycles.